The monoisotopic (exact) mass is 440 g/mol. The molecule has 0 fully saturated rings. The van der Waals surface area contributed by atoms with Crippen molar-refractivity contribution in [3.8, 4) is 0 Å². The van der Waals surface area contributed by atoms with Crippen molar-refractivity contribution in [2.45, 2.75) is 25.9 Å². The second-order valence-corrected chi connectivity index (χ2v) is 7.67. The zero-order valence-corrected chi connectivity index (χ0v) is 17.6. The predicted molar refractivity (Wildman–Crippen MR) is 115 cm³/mol. The summed E-state index contributed by atoms with van der Waals surface area (Å²) >= 11 is 1.15. The van der Waals surface area contributed by atoms with Gasteiger partial charge in [-0.2, -0.15) is 4.99 Å². The molecule has 1 aromatic heterocycles. The molecular weight excluding hydrogens is 420 g/mol. The lowest BCUT2D eigenvalue weighted by atomic mass is 10.1. The minimum absolute atomic E-state index is 0.0320. The summed E-state index contributed by atoms with van der Waals surface area (Å²) in [7, 11) is 0. The second kappa shape index (κ2) is 9.17. The summed E-state index contributed by atoms with van der Waals surface area (Å²) in [5.41, 5.74) is 1.36. The largest absolute Gasteiger partial charge is 0.467 e. The number of fused-ring (bicyclic) bond motifs is 3. The van der Waals surface area contributed by atoms with Crippen LogP contribution in [-0.2, 0) is 25.7 Å². The van der Waals surface area contributed by atoms with E-state index in [4.69, 9.17) is 9.15 Å². The van der Waals surface area contributed by atoms with Crippen molar-refractivity contribution < 1.29 is 23.5 Å². The molecule has 9 nitrogen and oxygen atoms in total. The number of nitrogens with one attached hydrogen (secondary N) is 1. The van der Waals surface area contributed by atoms with E-state index in [0.29, 0.717) is 28.0 Å². The average molecular weight is 440 g/mol. The van der Waals surface area contributed by atoms with Crippen LogP contribution in [0.1, 0.15) is 24.7 Å². The Kier molecular flexibility index (Phi) is 6.17. The van der Waals surface area contributed by atoms with Crippen molar-refractivity contribution in [1.29, 1.82) is 0 Å². The molecule has 1 unspecified atom stereocenters. The number of furan rings is 1. The van der Waals surface area contributed by atoms with Gasteiger partial charge in [0.1, 0.15) is 17.6 Å². The molecule has 0 saturated carbocycles. The van der Waals surface area contributed by atoms with E-state index in [-0.39, 0.29) is 37.2 Å². The van der Waals surface area contributed by atoms with Crippen LogP contribution >= 0.6 is 11.8 Å². The zero-order valence-electron chi connectivity index (χ0n) is 16.7. The highest BCUT2D eigenvalue weighted by Gasteiger charge is 2.42. The summed E-state index contributed by atoms with van der Waals surface area (Å²) in [6.45, 7) is 2.24. The first-order valence-corrected chi connectivity index (χ1v) is 10.7. The number of hydrogen-bond donors (Lipinski definition) is 1. The van der Waals surface area contributed by atoms with Gasteiger partial charge in [0, 0.05) is 5.56 Å². The Bertz CT molecular complexity index is 1060. The van der Waals surface area contributed by atoms with Gasteiger partial charge in [-0.05, 0) is 31.2 Å². The molecule has 1 N–H and O–H groups in total. The lowest BCUT2D eigenvalue weighted by molar-refractivity contribution is -0.139. The fraction of sp³-hybridized carbons (Fsp3) is 0.286. The summed E-state index contributed by atoms with van der Waals surface area (Å²) in [5, 5.41) is 3.18. The van der Waals surface area contributed by atoms with Gasteiger partial charge in [-0.25, -0.2) is 4.99 Å². The fourth-order valence-corrected chi connectivity index (χ4v) is 4.12. The van der Waals surface area contributed by atoms with E-state index in [2.05, 4.69) is 15.3 Å². The number of esters is 1. The molecule has 2 amide bonds. The van der Waals surface area contributed by atoms with Crippen LogP contribution in [0.5, 0.6) is 0 Å². The van der Waals surface area contributed by atoms with Gasteiger partial charge in [-0.15, -0.1) is 0 Å². The first kappa shape index (κ1) is 20.9. The minimum atomic E-state index is -0.839. The molecule has 2 aromatic rings. The third kappa shape index (κ3) is 4.53. The Hall–Kier alpha value is -3.40. The van der Waals surface area contributed by atoms with E-state index >= 15 is 0 Å². The van der Waals surface area contributed by atoms with Crippen LogP contribution in [0.2, 0.25) is 0 Å². The van der Waals surface area contributed by atoms with Gasteiger partial charge in [0.05, 0.1) is 37.3 Å². The Morgan fingerprint density at radius 1 is 1.23 bits per heavy atom. The van der Waals surface area contributed by atoms with Gasteiger partial charge >= 0.3 is 5.97 Å². The minimum Gasteiger partial charge on any atom is -0.467 e. The number of thioether (sulfide) groups is 1. The van der Waals surface area contributed by atoms with Crippen LogP contribution in [0.4, 0.5) is 5.69 Å². The Morgan fingerprint density at radius 2 is 2.06 bits per heavy atom. The summed E-state index contributed by atoms with van der Waals surface area (Å²) < 4.78 is 10.2. The number of hydrogen-bond acceptors (Lipinski definition) is 8. The molecule has 1 aromatic carbocycles. The summed E-state index contributed by atoms with van der Waals surface area (Å²) in [6.07, 6.45) is 1.42. The van der Waals surface area contributed by atoms with Crippen LogP contribution in [0, 0.1) is 0 Å². The molecule has 160 valence electrons. The smallest absolute Gasteiger partial charge is 0.316 e. The number of aliphatic imine (C=N–C) groups is 2. The van der Waals surface area contributed by atoms with Gasteiger partial charge in [-0.3, -0.25) is 19.3 Å². The Morgan fingerprint density at radius 3 is 2.84 bits per heavy atom. The van der Waals surface area contributed by atoms with Crippen molar-refractivity contribution >= 4 is 46.2 Å². The molecule has 1 atom stereocenters. The van der Waals surface area contributed by atoms with E-state index in [0.717, 1.165) is 11.8 Å². The molecule has 2 aliphatic rings. The third-order valence-corrected chi connectivity index (χ3v) is 5.58. The van der Waals surface area contributed by atoms with Crippen LogP contribution in [0.25, 0.3) is 0 Å². The first-order chi connectivity index (χ1) is 15.1. The molecule has 0 bridgehead atoms. The van der Waals surface area contributed by atoms with E-state index in [9.17, 15) is 14.4 Å². The maximum Gasteiger partial charge on any atom is 0.316 e. The lowest BCUT2D eigenvalue weighted by Crippen LogP contribution is -2.46. The molecule has 3 heterocycles. The average Bonchev–Trinajstić information content (AvgIpc) is 3.39. The third-order valence-electron chi connectivity index (χ3n) is 4.65. The number of nitrogens with zero attached hydrogens (tertiary/aromatic N) is 3. The normalized spacial score (nSPS) is 16.9. The van der Waals surface area contributed by atoms with E-state index in [1.165, 1.54) is 6.26 Å². The fourth-order valence-electron chi connectivity index (χ4n) is 3.28. The van der Waals surface area contributed by atoms with E-state index in [1.54, 1.807) is 24.0 Å². The molecule has 0 spiro atoms. The van der Waals surface area contributed by atoms with Gasteiger partial charge in [0.25, 0.3) is 5.91 Å². The number of amidine groups is 2. The Labute approximate surface area is 182 Å². The Balaban J connectivity index is 1.54. The van der Waals surface area contributed by atoms with E-state index in [1.807, 2.05) is 24.3 Å². The molecule has 0 saturated heterocycles. The summed E-state index contributed by atoms with van der Waals surface area (Å²) in [6, 6.07) is 9.95. The summed E-state index contributed by atoms with van der Waals surface area (Å²) in [5.74, 6) is -0.0487. The number of carbonyl (C=O) groups excluding carboxylic acids is 3. The maximum atomic E-state index is 12.7. The molecular formula is C21H20N4O5S. The number of ether oxygens (including phenoxy) is 1. The SMILES string of the molecule is CCOC(=O)CSC1=Nc2ccccc2C2=NC(=O)C(CC(=O)NCc3ccco3)N12. The number of rotatable bonds is 7. The quantitative estimate of drug-likeness (QED) is 0.657. The second-order valence-electron chi connectivity index (χ2n) is 6.72. The highest BCUT2D eigenvalue weighted by Crippen LogP contribution is 2.34. The highest BCUT2D eigenvalue weighted by molar-refractivity contribution is 8.14. The molecule has 0 aliphatic carbocycles. The number of carbonyl (C=O) groups is 3. The molecule has 2 aliphatic heterocycles. The molecule has 31 heavy (non-hydrogen) atoms. The number of amides is 2. The first-order valence-electron chi connectivity index (χ1n) is 9.74. The predicted octanol–water partition coefficient (Wildman–Crippen LogP) is 2.24. The van der Waals surface area contributed by atoms with Gasteiger partial charge < -0.3 is 14.5 Å². The van der Waals surface area contributed by atoms with Gasteiger partial charge in [0.15, 0.2) is 5.17 Å². The van der Waals surface area contributed by atoms with Crippen molar-refractivity contribution in [1.82, 2.24) is 10.2 Å². The molecule has 4 rings (SSSR count). The summed E-state index contributed by atoms with van der Waals surface area (Å²) in [4.78, 5) is 47.6. The molecule has 0 radical (unpaired) electrons. The van der Waals surface area contributed by atoms with Crippen molar-refractivity contribution in [3.05, 3.63) is 54.0 Å². The van der Waals surface area contributed by atoms with Crippen molar-refractivity contribution in [3.63, 3.8) is 0 Å². The maximum absolute atomic E-state index is 12.7. The van der Waals surface area contributed by atoms with Crippen LogP contribution in [-0.4, -0.2) is 52.1 Å². The molecule has 10 heteroatoms. The van der Waals surface area contributed by atoms with Gasteiger partial charge in [0.2, 0.25) is 5.91 Å². The highest BCUT2D eigenvalue weighted by atomic mass is 32.2. The zero-order chi connectivity index (χ0) is 21.8. The van der Waals surface area contributed by atoms with Crippen molar-refractivity contribution in [2.75, 3.05) is 12.4 Å². The number of benzene rings is 1. The standard InChI is InChI=1S/C21H20N4O5S/c1-2-29-18(27)12-31-21-23-15-8-4-3-7-14(15)19-24-20(28)16(25(19)21)10-17(26)22-11-13-6-5-9-30-13/h3-9,16H,2,10-12H2,1H3,(H,22,26). The number of para-hydroxylation sites is 1. The van der Waals surface area contributed by atoms with Crippen LogP contribution in [0.3, 0.4) is 0 Å². The topological polar surface area (TPSA) is 114 Å². The van der Waals surface area contributed by atoms with E-state index < -0.39 is 11.9 Å². The van der Waals surface area contributed by atoms with Crippen LogP contribution in [0.15, 0.2) is 57.1 Å². The van der Waals surface area contributed by atoms with Crippen LogP contribution < -0.4 is 5.32 Å². The van der Waals surface area contributed by atoms with Crippen molar-refractivity contribution in [2.24, 2.45) is 9.98 Å². The van der Waals surface area contributed by atoms with Gasteiger partial charge in [-0.1, -0.05) is 23.9 Å². The lowest BCUT2D eigenvalue weighted by Gasteiger charge is -2.30.